The van der Waals surface area contributed by atoms with Crippen molar-refractivity contribution >= 4 is 22.8 Å². The van der Waals surface area contributed by atoms with Gasteiger partial charge in [0.1, 0.15) is 0 Å². The van der Waals surface area contributed by atoms with Crippen LogP contribution in [0.5, 0.6) is 0 Å². The molecule has 1 N–H and O–H groups in total. The molecule has 178 valence electrons. The Morgan fingerprint density at radius 1 is 1.12 bits per heavy atom. The van der Waals surface area contributed by atoms with Crippen LogP contribution in [0.2, 0.25) is 0 Å². The molecule has 2 atom stereocenters. The van der Waals surface area contributed by atoms with Gasteiger partial charge in [0.05, 0.1) is 28.9 Å². The second-order valence-electron chi connectivity index (χ2n) is 9.62. The smallest absolute Gasteiger partial charge is 0.254 e. The minimum atomic E-state index is -0.137. The molecule has 5 rings (SSSR count). The number of amides is 2. The highest BCUT2D eigenvalue weighted by atomic mass is 16.5. The van der Waals surface area contributed by atoms with Gasteiger partial charge in [0.15, 0.2) is 5.65 Å². The van der Waals surface area contributed by atoms with Crippen LogP contribution in [0, 0.1) is 6.92 Å². The van der Waals surface area contributed by atoms with Gasteiger partial charge in [-0.1, -0.05) is 12.1 Å². The van der Waals surface area contributed by atoms with Crippen molar-refractivity contribution in [2.75, 3.05) is 13.1 Å². The van der Waals surface area contributed by atoms with Crippen molar-refractivity contribution in [2.24, 2.45) is 7.05 Å². The Labute approximate surface area is 199 Å². The van der Waals surface area contributed by atoms with E-state index in [9.17, 15) is 9.59 Å². The number of morpholine rings is 1. The molecule has 3 aromatic rings. The van der Waals surface area contributed by atoms with Gasteiger partial charge < -0.3 is 15.0 Å². The van der Waals surface area contributed by atoms with Gasteiger partial charge in [0, 0.05) is 43.9 Å². The first-order chi connectivity index (χ1) is 16.3. The highest BCUT2D eigenvalue weighted by molar-refractivity contribution is 6.06. The third-order valence-electron chi connectivity index (χ3n) is 6.59. The summed E-state index contributed by atoms with van der Waals surface area (Å²) in [6.07, 6.45) is 2.30. The van der Waals surface area contributed by atoms with E-state index in [1.165, 1.54) is 0 Å². The zero-order chi connectivity index (χ0) is 24.0. The lowest BCUT2D eigenvalue weighted by molar-refractivity contribution is -0.0586. The Balaban J connectivity index is 1.29. The normalized spacial score (nSPS) is 20.5. The number of ether oxygens (including phenoxy) is 1. The molecule has 2 fully saturated rings. The number of rotatable bonds is 5. The highest BCUT2D eigenvalue weighted by Gasteiger charge is 2.29. The van der Waals surface area contributed by atoms with Crippen LogP contribution in [0.15, 0.2) is 30.3 Å². The molecule has 3 heterocycles. The van der Waals surface area contributed by atoms with E-state index in [4.69, 9.17) is 9.72 Å². The number of carbonyl (C=O) groups is 2. The number of fused-ring (bicyclic) bond motifs is 1. The minimum absolute atomic E-state index is 0.0106. The van der Waals surface area contributed by atoms with Crippen LogP contribution in [0.1, 0.15) is 70.3 Å². The van der Waals surface area contributed by atoms with E-state index in [2.05, 4.69) is 10.4 Å². The Kier molecular flexibility index (Phi) is 5.85. The van der Waals surface area contributed by atoms with Crippen molar-refractivity contribution in [1.82, 2.24) is 25.0 Å². The van der Waals surface area contributed by atoms with Crippen molar-refractivity contribution in [3.05, 3.63) is 58.4 Å². The molecule has 2 aromatic heterocycles. The largest absolute Gasteiger partial charge is 0.372 e. The minimum Gasteiger partial charge on any atom is -0.372 e. The van der Waals surface area contributed by atoms with Crippen LogP contribution < -0.4 is 5.32 Å². The van der Waals surface area contributed by atoms with Crippen LogP contribution in [-0.2, 0) is 18.3 Å². The molecule has 1 saturated heterocycles. The lowest BCUT2D eigenvalue weighted by Gasteiger charge is -2.35. The van der Waals surface area contributed by atoms with Crippen molar-refractivity contribution < 1.29 is 14.3 Å². The van der Waals surface area contributed by atoms with Crippen molar-refractivity contribution in [3.8, 4) is 0 Å². The van der Waals surface area contributed by atoms with Gasteiger partial charge in [-0.3, -0.25) is 14.3 Å². The molecule has 1 aromatic carbocycles. The SMILES string of the molecule is Cc1nn(C)c2nc(C3CC3)cc(C(=O)NCc3ccc(C(=O)N4CC(C)OC(C)C4)cc3)c12. The average molecular weight is 462 g/mol. The molecule has 2 aliphatic rings. The summed E-state index contributed by atoms with van der Waals surface area (Å²) in [6, 6.07) is 9.38. The molecule has 8 heteroatoms. The van der Waals surface area contributed by atoms with E-state index in [1.807, 2.05) is 63.1 Å². The van der Waals surface area contributed by atoms with Gasteiger partial charge in [-0.15, -0.1) is 0 Å². The van der Waals surface area contributed by atoms with E-state index in [0.29, 0.717) is 36.7 Å². The van der Waals surface area contributed by atoms with Crippen LogP contribution in [0.3, 0.4) is 0 Å². The van der Waals surface area contributed by atoms with Gasteiger partial charge in [-0.2, -0.15) is 5.10 Å². The summed E-state index contributed by atoms with van der Waals surface area (Å²) in [4.78, 5) is 32.7. The Morgan fingerprint density at radius 2 is 1.79 bits per heavy atom. The predicted molar refractivity (Wildman–Crippen MR) is 129 cm³/mol. The molecule has 8 nitrogen and oxygen atoms in total. The number of pyridine rings is 1. The number of hydrogen-bond acceptors (Lipinski definition) is 5. The summed E-state index contributed by atoms with van der Waals surface area (Å²) in [5, 5.41) is 8.32. The summed E-state index contributed by atoms with van der Waals surface area (Å²) in [5.41, 5.74) is 4.72. The molecule has 0 spiro atoms. The first-order valence-electron chi connectivity index (χ1n) is 12.0. The molecule has 0 radical (unpaired) electrons. The number of nitrogens with zero attached hydrogens (tertiary/aromatic N) is 4. The summed E-state index contributed by atoms with van der Waals surface area (Å²) in [7, 11) is 1.86. The molecular weight excluding hydrogens is 430 g/mol. The summed E-state index contributed by atoms with van der Waals surface area (Å²) < 4.78 is 7.48. The Bertz CT molecular complexity index is 1240. The third-order valence-corrected chi connectivity index (χ3v) is 6.59. The lowest BCUT2D eigenvalue weighted by atomic mass is 10.1. The Hall–Kier alpha value is -3.26. The predicted octanol–water partition coefficient (Wildman–Crippen LogP) is 3.33. The lowest BCUT2D eigenvalue weighted by Crippen LogP contribution is -2.48. The number of nitrogens with one attached hydrogen (secondary N) is 1. The van der Waals surface area contributed by atoms with Crippen LogP contribution in [0.4, 0.5) is 0 Å². The fraction of sp³-hybridized carbons (Fsp3) is 0.462. The van der Waals surface area contributed by atoms with Gasteiger partial charge >= 0.3 is 0 Å². The van der Waals surface area contributed by atoms with Gasteiger partial charge in [-0.25, -0.2) is 4.98 Å². The van der Waals surface area contributed by atoms with E-state index < -0.39 is 0 Å². The molecule has 2 unspecified atom stereocenters. The zero-order valence-corrected chi connectivity index (χ0v) is 20.2. The maximum atomic E-state index is 13.2. The topological polar surface area (TPSA) is 89.3 Å². The quantitative estimate of drug-likeness (QED) is 0.630. The molecule has 34 heavy (non-hydrogen) atoms. The van der Waals surface area contributed by atoms with E-state index in [-0.39, 0.29) is 24.0 Å². The molecule has 2 amide bonds. The second kappa shape index (κ2) is 8.83. The van der Waals surface area contributed by atoms with Crippen molar-refractivity contribution in [1.29, 1.82) is 0 Å². The first-order valence-corrected chi connectivity index (χ1v) is 12.0. The maximum Gasteiger partial charge on any atom is 0.254 e. The molecule has 1 aliphatic carbocycles. The summed E-state index contributed by atoms with van der Waals surface area (Å²) in [6.45, 7) is 7.44. The number of hydrogen-bond donors (Lipinski definition) is 1. The highest BCUT2D eigenvalue weighted by Crippen LogP contribution is 2.40. The number of aromatic nitrogens is 3. The summed E-state index contributed by atoms with van der Waals surface area (Å²) >= 11 is 0. The van der Waals surface area contributed by atoms with Crippen molar-refractivity contribution in [3.63, 3.8) is 0 Å². The third kappa shape index (κ3) is 4.42. The van der Waals surface area contributed by atoms with Gasteiger partial charge in [0.25, 0.3) is 11.8 Å². The first kappa shape index (κ1) is 22.5. The van der Waals surface area contributed by atoms with E-state index >= 15 is 0 Å². The Morgan fingerprint density at radius 3 is 2.44 bits per heavy atom. The van der Waals surface area contributed by atoms with Crippen LogP contribution >= 0.6 is 0 Å². The maximum absolute atomic E-state index is 13.2. The fourth-order valence-electron chi connectivity index (χ4n) is 4.80. The molecule has 0 bridgehead atoms. The standard InChI is InChI=1S/C26H31N5O3/c1-15-13-31(14-16(2)34-15)26(33)20-7-5-18(6-8-20)12-27-25(32)21-11-22(19-9-10-19)28-24-23(21)17(3)29-30(24)4/h5-8,11,15-16,19H,9-10,12-14H2,1-4H3,(H,27,32). The monoisotopic (exact) mass is 461 g/mol. The molecule has 1 saturated carbocycles. The van der Waals surface area contributed by atoms with E-state index in [1.54, 1.807) is 4.68 Å². The van der Waals surface area contributed by atoms with Gasteiger partial charge in [-0.05, 0) is 57.4 Å². The van der Waals surface area contributed by atoms with Crippen LogP contribution in [0.25, 0.3) is 11.0 Å². The zero-order valence-electron chi connectivity index (χ0n) is 20.2. The molecular formula is C26H31N5O3. The second-order valence-corrected chi connectivity index (χ2v) is 9.62. The van der Waals surface area contributed by atoms with Crippen molar-refractivity contribution in [2.45, 2.75) is 58.3 Å². The molecule has 1 aliphatic heterocycles. The van der Waals surface area contributed by atoms with E-state index in [0.717, 1.165) is 40.8 Å². The number of carbonyl (C=O) groups excluding carboxylic acids is 2. The van der Waals surface area contributed by atoms with Gasteiger partial charge in [0.2, 0.25) is 0 Å². The summed E-state index contributed by atoms with van der Waals surface area (Å²) in [5.74, 6) is 0.312. The van der Waals surface area contributed by atoms with Crippen LogP contribution in [-0.4, -0.2) is 56.8 Å². The fourth-order valence-corrected chi connectivity index (χ4v) is 4.80. The number of benzene rings is 1. The number of aryl methyl sites for hydroxylation is 2. The average Bonchev–Trinajstić information content (AvgIpc) is 3.62.